The van der Waals surface area contributed by atoms with Crippen LogP contribution in [0.25, 0.3) is 0 Å². The molecule has 2 rings (SSSR count). The number of aryl methyl sites for hydroxylation is 2. The second-order valence-electron chi connectivity index (χ2n) is 3.96. The van der Waals surface area contributed by atoms with Crippen molar-refractivity contribution < 1.29 is 4.42 Å². The Morgan fingerprint density at radius 2 is 2.24 bits per heavy atom. The van der Waals surface area contributed by atoms with Gasteiger partial charge in [0.25, 0.3) is 0 Å². The first-order valence-corrected chi connectivity index (χ1v) is 5.95. The van der Waals surface area contributed by atoms with E-state index in [0.29, 0.717) is 6.42 Å². The van der Waals surface area contributed by atoms with Gasteiger partial charge in [-0.2, -0.15) is 5.10 Å². The molecule has 0 spiro atoms. The highest BCUT2D eigenvalue weighted by atomic mass is 16.3. The lowest BCUT2D eigenvalue weighted by atomic mass is 10.1. The van der Waals surface area contributed by atoms with E-state index >= 15 is 0 Å². The average Bonchev–Trinajstić information content (AvgIpc) is 2.96. The summed E-state index contributed by atoms with van der Waals surface area (Å²) in [6.45, 7) is 4.90. The Balaban J connectivity index is 2.08. The minimum atomic E-state index is -0.162. The molecule has 17 heavy (non-hydrogen) atoms. The van der Waals surface area contributed by atoms with E-state index in [2.05, 4.69) is 17.0 Å². The van der Waals surface area contributed by atoms with Crippen LogP contribution in [0.5, 0.6) is 0 Å². The monoisotopic (exact) mass is 234 g/mol. The van der Waals surface area contributed by atoms with Crippen molar-refractivity contribution in [2.75, 3.05) is 0 Å². The SMILES string of the molecule is CCc1ccc(C(N)Cc2ncnn2CC)o1. The molecule has 2 aromatic heterocycles. The molecule has 0 saturated heterocycles. The van der Waals surface area contributed by atoms with Crippen LogP contribution < -0.4 is 5.73 Å². The van der Waals surface area contributed by atoms with E-state index in [1.807, 2.05) is 23.7 Å². The van der Waals surface area contributed by atoms with Gasteiger partial charge in [-0.1, -0.05) is 6.92 Å². The van der Waals surface area contributed by atoms with E-state index in [4.69, 9.17) is 10.2 Å². The van der Waals surface area contributed by atoms with Crippen LogP contribution in [0.1, 0.15) is 37.2 Å². The molecule has 0 radical (unpaired) electrons. The maximum Gasteiger partial charge on any atom is 0.138 e. The lowest BCUT2D eigenvalue weighted by Gasteiger charge is -2.08. The molecule has 0 aromatic carbocycles. The van der Waals surface area contributed by atoms with E-state index in [1.165, 1.54) is 0 Å². The van der Waals surface area contributed by atoms with Crippen molar-refractivity contribution in [3.8, 4) is 0 Å². The van der Waals surface area contributed by atoms with Crippen LogP contribution in [0.4, 0.5) is 0 Å². The molecule has 0 aliphatic carbocycles. The normalized spacial score (nSPS) is 12.9. The molecule has 1 unspecified atom stereocenters. The van der Waals surface area contributed by atoms with Crippen molar-refractivity contribution in [3.05, 3.63) is 35.8 Å². The number of aromatic nitrogens is 3. The van der Waals surface area contributed by atoms with E-state index in [-0.39, 0.29) is 6.04 Å². The van der Waals surface area contributed by atoms with Gasteiger partial charge in [0.15, 0.2) is 0 Å². The first-order chi connectivity index (χ1) is 8.24. The second-order valence-corrected chi connectivity index (χ2v) is 3.96. The number of furan rings is 1. The van der Waals surface area contributed by atoms with Crippen molar-refractivity contribution in [1.82, 2.24) is 14.8 Å². The molecule has 0 saturated carbocycles. The number of hydrogen-bond acceptors (Lipinski definition) is 4. The fraction of sp³-hybridized carbons (Fsp3) is 0.500. The number of nitrogens with zero attached hydrogens (tertiary/aromatic N) is 3. The zero-order valence-corrected chi connectivity index (χ0v) is 10.3. The van der Waals surface area contributed by atoms with E-state index in [1.54, 1.807) is 6.33 Å². The van der Waals surface area contributed by atoms with Gasteiger partial charge in [-0.15, -0.1) is 0 Å². The fourth-order valence-electron chi connectivity index (χ4n) is 1.79. The van der Waals surface area contributed by atoms with Crippen LogP contribution in [-0.2, 0) is 19.4 Å². The summed E-state index contributed by atoms with van der Waals surface area (Å²) in [6, 6.07) is 3.75. The van der Waals surface area contributed by atoms with Crippen molar-refractivity contribution >= 4 is 0 Å². The van der Waals surface area contributed by atoms with Crippen molar-refractivity contribution in [1.29, 1.82) is 0 Å². The summed E-state index contributed by atoms with van der Waals surface area (Å²) in [7, 11) is 0. The Labute approximate surface area is 101 Å². The zero-order chi connectivity index (χ0) is 12.3. The summed E-state index contributed by atoms with van der Waals surface area (Å²) < 4.78 is 7.49. The third kappa shape index (κ3) is 2.55. The molecule has 1 atom stereocenters. The number of rotatable bonds is 5. The molecule has 0 bridgehead atoms. The Morgan fingerprint density at radius 3 is 2.88 bits per heavy atom. The molecule has 0 aliphatic heterocycles. The number of hydrogen-bond donors (Lipinski definition) is 1. The first kappa shape index (κ1) is 11.9. The molecule has 92 valence electrons. The maximum atomic E-state index is 6.10. The van der Waals surface area contributed by atoms with Crippen LogP contribution in [-0.4, -0.2) is 14.8 Å². The molecule has 5 nitrogen and oxygen atoms in total. The first-order valence-electron chi connectivity index (χ1n) is 5.95. The highest BCUT2D eigenvalue weighted by molar-refractivity contribution is 5.11. The highest BCUT2D eigenvalue weighted by Crippen LogP contribution is 2.18. The largest absolute Gasteiger partial charge is 0.464 e. The van der Waals surface area contributed by atoms with Crippen molar-refractivity contribution in [2.24, 2.45) is 5.73 Å². The van der Waals surface area contributed by atoms with Crippen molar-refractivity contribution in [2.45, 2.75) is 39.3 Å². The standard InChI is InChI=1S/C12H18N4O/c1-3-9-5-6-11(17-9)10(13)7-12-14-8-15-16(12)4-2/h5-6,8,10H,3-4,7,13H2,1-2H3. The van der Waals surface area contributed by atoms with E-state index in [0.717, 1.165) is 30.3 Å². The minimum Gasteiger partial charge on any atom is -0.464 e. The van der Waals surface area contributed by atoms with Gasteiger partial charge in [0.1, 0.15) is 23.7 Å². The summed E-state index contributed by atoms with van der Waals surface area (Å²) in [5, 5.41) is 4.12. The topological polar surface area (TPSA) is 69.9 Å². The Hall–Kier alpha value is -1.62. The zero-order valence-electron chi connectivity index (χ0n) is 10.3. The smallest absolute Gasteiger partial charge is 0.138 e. The molecule has 5 heteroatoms. The molecule has 2 heterocycles. The predicted octanol–water partition coefficient (Wildman–Crippen LogP) is 1.70. The predicted molar refractivity (Wildman–Crippen MR) is 64.4 cm³/mol. The Morgan fingerprint density at radius 1 is 1.41 bits per heavy atom. The summed E-state index contributed by atoms with van der Waals surface area (Å²) in [5.41, 5.74) is 6.10. The Kier molecular flexibility index (Phi) is 3.58. The highest BCUT2D eigenvalue weighted by Gasteiger charge is 2.14. The van der Waals surface area contributed by atoms with Gasteiger partial charge in [0.05, 0.1) is 6.04 Å². The van der Waals surface area contributed by atoms with E-state index < -0.39 is 0 Å². The van der Waals surface area contributed by atoms with Gasteiger partial charge in [-0.3, -0.25) is 4.68 Å². The maximum absolute atomic E-state index is 6.10. The average molecular weight is 234 g/mol. The summed E-state index contributed by atoms with van der Waals surface area (Å²) >= 11 is 0. The number of nitrogens with two attached hydrogens (primary N) is 1. The van der Waals surface area contributed by atoms with Gasteiger partial charge in [0.2, 0.25) is 0 Å². The van der Waals surface area contributed by atoms with Crippen LogP contribution in [0, 0.1) is 0 Å². The van der Waals surface area contributed by atoms with Crippen LogP contribution in [0.15, 0.2) is 22.9 Å². The third-order valence-corrected chi connectivity index (χ3v) is 2.79. The summed E-state index contributed by atoms with van der Waals surface area (Å²) in [4.78, 5) is 4.21. The van der Waals surface area contributed by atoms with E-state index in [9.17, 15) is 0 Å². The quantitative estimate of drug-likeness (QED) is 0.854. The Bertz CT molecular complexity index is 474. The fourth-order valence-corrected chi connectivity index (χ4v) is 1.79. The van der Waals surface area contributed by atoms with Crippen molar-refractivity contribution in [3.63, 3.8) is 0 Å². The van der Waals surface area contributed by atoms with Crippen LogP contribution >= 0.6 is 0 Å². The van der Waals surface area contributed by atoms with Gasteiger partial charge in [0, 0.05) is 19.4 Å². The van der Waals surface area contributed by atoms with Gasteiger partial charge >= 0.3 is 0 Å². The minimum absolute atomic E-state index is 0.162. The molecular formula is C12H18N4O. The second kappa shape index (κ2) is 5.14. The lowest BCUT2D eigenvalue weighted by molar-refractivity contribution is 0.427. The molecule has 0 amide bonds. The summed E-state index contributed by atoms with van der Waals surface area (Å²) in [5.74, 6) is 2.68. The molecule has 0 aliphatic rings. The molecular weight excluding hydrogens is 216 g/mol. The summed E-state index contributed by atoms with van der Waals surface area (Å²) in [6.07, 6.45) is 3.09. The molecule has 2 aromatic rings. The van der Waals surface area contributed by atoms with Gasteiger partial charge in [-0.25, -0.2) is 4.98 Å². The van der Waals surface area contributed by atoms with Crippen LogP contribution in [0.2, 0.25) is 0 Å². The molecule has 0 fully saturated rings. The van der Waals surface area contributed by atoms with Gasteiger partial charge in [-0.05, 0) is 19.1 Å². The molecule has 2 N–H and O–H groups in total. The lowest BCUT2D eigenvalue weighted by Crippen LogP contribution is -2.16. The van der Waals surface area contributed by atoms with Gasteiger partial charge < -0.3 is 10.2 Å². The van der Waals surface area contributed by atoms with Crippen LogP contribution in [0.3, 0.4) is 0 Å². The third-order valence-electron chi connectivity index (χ3n) is 2.79.